The van der Waals surface area contributed by atoms with Crippen molar-refractivity contribution in [3.05, 3.63) is 29.8 Å². The fraction of sp³-hybridized carbons (Fsp3) is 0.429. The van der Waals surface area contributed by atoms with Gasteiger partial charge in [0.2, 0.25) is 11.8 Å². The van der Waals surface area contributed by atoms with Gasteiger partial charge in [-0.3, -0.25) is 14.5 Å². The SMILES string of the molecule is COc1cccc(C(N)CN2C(=O)CC(C)C2=O)c1. The summed E-state index contributed by atoms with van der Waals surface area (Å²) >= 11 is 0. The molecule has 102 valence electrons. The Morgan fingerprint density at radius 2 is 2.21 bits per heavy atom. The lowest BCUT2D eigenvalue weighted by Crippen LogP contribution is -2.36. The molecule has 2 atom stereocenters. The van der Waals surface area contributed by atoms with E-state index >= 15 is 0 Å². The standard InChI is InChI=1S/C14H18N2O3/c1-9-6-13(17)16(14(9)18)8-12(15)10-4-3-5-11(7-10)19-2/h3-5,7,9,12H,6,8,15H2,1-2H3. The Bertz CT molecular complexity index is 501. The number of rotatable bonds is 4. The zero-order chi connectivity index (χ0) is 14.0. The normalized spacial score (nSPS) is 20.8. The van der Waals surface area contributed by atoms with Crippen LogP contribution in [0.25, 0.3) is 0 Å². The lowest BCUT2D eigenvalue weighted by atomic mass is 10.1. The van der Waals surface area contributed by atoms with E-state index in [1.807, 2.05) is 24.3 Å². The van der Waals surface area contributed by atoms with Crippen molar-refractivity contribution in [2.24, 2.45) is 11.7 Å². The van der Waals surface area contributed by atoms with Crippen molar-refractivity contribution in [3.63, 3.8) is 0 Å². The third kappa shape index (κ3) is 2.76. The number of hydrogen-bond donors (Lipinski definition) is 1. The number of carbonyl (C=O) groups excluding carboxylic acids is 2. The third-order valence-corrected chi connectivity index (χ3v) is 3.37. The van der Waals surface area contributed by atoms with Crippen LogP contribution in [0.15, 0.2) is 24.3 Å². The second-order valence-electron chi connectivity index (χ2n) is 4.83. The fourth-order valence-corrected chi connectivity index (χ4v) is 2.21. The van der Waals surface area contributed by atoms with Gasteiger partial charge in [-0.2, -0.15) is 0 Å². The molecule has 0 bridgehead atoms. The molecule has 2 unspecified atom stereocenters. The number of amides is 2. The van der Waals surface area contributed by atoms with E-state index < -0.39 is 6.04 Å². The molecule has 2 amide bonds. The van der Waals surface area contributed by atoms with Gasteiger partial charge >= 0.3 is 0 Å². The first-order valence-corrected chi connectivity index (χ1v) is 6.26. The number of hydrogen-bond acceptors (Lipinski definition) is 4. The van der Waals surface area contributed by atoms with Crippen molar-refractivity contribution in [2.45, 2.75) is 19.4 Å². The Labute approximate surface area is 112 Å². The maximum absolute atomic E-state index is 11.8. The van der Waals surface area contributed by atoms with Crippen LogP contribution < -0.4 is 10.5 Å². The van der Waals surface area contributed by atoms with Crippen LogP contribution in [-0.2, 0) is 9.59 Å². The Kier molecular flexibility index (Phi) is 3.85. The molecule has 2 N–H and O–H groups in total. The quantitative estimate of drug-likeness (QED) is 0.824. The van der Waals surface area contributed by atoms with Crippen LogP contribution in [0.1, 0.15) is 24.9 Å². The zero-order valence-electron chi connectivity index (χ0n) is 11.1. The fourth-order valence-electron chi connectivity index (χ4n) is 2.21. The molecule has 0 aromatic heterocycles. The molecule has 0 radical (unpaired) electrons. The van der Waals surface area contributed by atoms with Crippen LogP contribution >= 0.6 is 0 Å². The topological polar surface area (TPSA) is 72.6 Å². The predicted molar refractivity (Wildman–Crippen MR) is 70.4 cm³/mol. The van der Waals surface area contributed by atoms with Crippen molar-refractivity contribution in [1.29, 1.82) is 0 Å². The highest BCUT2D eigenvalue weighted by atomic mass is 16.5. The third-order valence-electron chi connectivity index (χ3n) is 3.37. The van der Waals surface area contributed by atoms with Crippen LogP contribution in [0, 0.1) is 5.92 Å². The van der Waals surface area contributed by atoms with E-state index in [0.29, 0.717) is 5.75 Å². The van der Waals surface area contributed by atoms with Gasteiger partial charge in [-0.05, 0) is 17.7 Å². The van der Waals surface area contributed by atoms with Gasteiger partial charge in [0, 0.05) is 24.9 Å². The average molecular weight is 262 g/mol. The van der Waals surface area contributed by atoms with E-state index in [2.05, 4.69) is 0 Å². The van der Waals surface area contributed by atoms with Gasteiger partial charge in [0.15, 0.2) is 0 Å². The predicted octanol–water partition coefficient (Wildman–Crippen LogP) is 1.09. The first kappa shape index (κ1) is 13.5. The summed E-state index contributed by atoms with van der Waals surface area (Å²) in [6.45, 7) is 1.98. The molecule has 0 aliphatic carbocycles. The largest absolute Gasteiger partial charge is 0.497 e. The van der Waals surface area contributed by atoms with Crippen molar-refractivity contribution in [1.82, 2.24) is 4.90 Å². The van der Waals surface area contributed by atoms with Gasteiger partial charge in [0.25, 0.3) is 0 Å². The number of imide groups is 1. The minimum atomic E-state index is -0.395. The first-order chi connectivity index (χ1) is 9.02. The van der Waals surface area contributed by atoms with Crippen LogP contribution in [0.3, 0.4) is 0 Å². The number of ether oxygens (including phenoxy) is 1. The summed E-state index contributed by atoms with van der Waals surface area (Å²) in [5.41, 5.74) is 6.91. The van der Waals surface area contributed by atoms with E-state index in [0.717, 1.165) is 5.56 Å². The van der Waals surface area contributed by atoms with Gasteiger partial charge in [-0.15, -0.1) is 0 Å². The molecule has 0 spiro atoms. The molecule has 19 heavy (non-hydrogen) atoms. The lowest BCUT2D eigenvalue weighted by Gasteiger charge is -2.20. The molecule has 1 aliphatic rings. The molecule has 1 fully saturated rings. The van der Waals surface area contributed by atoms with Crippen molar-refractivity contribution in [2.75, 3.05) is 13.7 Å². The molecule has 1 aromatic carbocycles. The second-order valence-corrected chi connectivity index (χ2v) is 4.83. The molecule has 5 heteroatoms. The number of nitrogens with zero attached hydrogens (tertiary/aromatic N) is 1. The highest BCUT2D eigenvalue weighted by Crippen LogP contribution is 2.23. The molecule has 2 rings (SSSR count). The van der Waals surface area contributed by atoms with E-state index in [9.17, 15) is 9.59 Å². The monoisotopic (exact) mass is 262 g/mol. The Morgan fingerprint density at radius 3 is 2.79 bits per heavy atom. The summed E-state index contributed by atoms with van der Waals surface area (Å²) in [6.07, 6.45) is 0.281. The number of benzene rings is 1. The van der Waals surface area contributed by atoms with Crippen molar-refractivity contribution in [3.8, 4) is 5.75 Å². The summed E-state index contributed by atoms with van der Waals surface area (Å²) in [6, 6.07) is 6.95. The Hall–Kier alpha value is -1.88. The summed E-state index contributed by atoms with van der Waals surface area (Å²) in [7, 11) is 1.58. The van der Waals surface area contributed by atoms with Crippen LogP contribution in [0.2, 0.25) is 0 Å². The van der Waals surface area contributed by atoms with Gasteiger partial charge in [-0.1, -0.05) is 19.1 Å². The maximum Gasteiger partial charge on any atom is 0.232 e. The summed E-state index contributed by atoms with van der Waals surface area (Å²) in [5, 5.41) is 0. The molecular weight excluding hydrogens is 244 g/mol. The van der Waals surface area contributed by atoms with E-state index in [1.165, 1.54) is 4.90 Å². The summed E-state index contributed by atoms with van der Waals surface area (Å²) < 4.78 is 5.13. The molecule has 1 saturated heterocycles. The van der Waals surface area contributed by atoms with Crippen molar-refractivity contribution < 1.29 is 14.3 Å². The highest BCUT2D eigenvalue weighted by Gasteiger charge is 2.36. The van der Waals surface area contributed by atoms with Crippen molar-refractivity contribution >= 4 is 11.8 Å². The van der Waals surface area contributed by atoms with Gasteiger partial charge in [0.05, 0.1) is 7.11 Å². The molecule has 1 aliphatic heterocycles. The van der Waals surface area contributed by atoms with Gasteiger partial charge in [0.1, 0.15) is 5.75 Å². The maximum atomic E-state index is 11.8. The average Bonchev–Trinajstić information content (AvgIpc) is 2.65. The van der Waals surface area contributed by atoms with Crippen LogP contribution in [0.5, 0.6) is 5.75 Å². The molecule has 5 nitrogen and oxygen atoms in total. The minimum Gasteiger partial charge on any atom is -0.497 e. The number of nitrogens with two attached hydrogens (primary N) is 1. The summed E-state index contributed by atoms with van der Waals surface area (Å²) in [4.78, 5) is 24.8. The zero-order valence-corrected chi connectivity index (χ0v) is 11.1. The van der Waals surface area contributed by atoms with Gasteiger partial charge < -0.3 is 10.5 Å². The molecule has 0 saturated carbocycles. The Balaban J connectivity index is 2.10. The van der Waals surface area contributed by atoms with Crippen LogP contribution in [-0.4, -0.2) is 30.4 Å². The van der Waals surface area contributed by atoms with E-state index in [1.54, 1.807) is 14.0 Å². The van der Waals surface area contributed by atoms with Gasteiger partial charge in [-0.25, -0.2) is 0 Å². The first-order valence-electron chi connectivity index (χ1n) is 6.26. The minimum absolute atomic E-state index is 0.136. The molecule has 1 heterocycles. The summed E-state index contributed by atoms with van der Waals surface area (Å²) in [5.74, 6) is 0.199. The molecule has 1 aromatic rings. The Morgan fingerprint density at radius 1 is 1.47 bits per heavy atom. The second kappa shape index (κ2) is 5.40. The highest BCUT2D eigenvalue weighted by molar-refractivity contribution is 6.03. The van der Waals surface area contributed by atoms with Crippen LogP contribution in [0.4, 0.5) is 0 Å². The molecular formula is C14H18N2O3. The van der Waals surface area contributed by atoms with E-state index in [-0.39, 0.29) is 30.7 Å². The number of methoxy groups -OCH3 is 1. The smallest absolute Gasteiger partial charge is 0.232 e. The lowest BCUT2D eigenvalue weighted by molar-refractivity contribution is -0.139. The number of carbonyl (C=O) groups is 2. The number of likely N-dealkylation sites (tertiary alicyclic amines) is 1. The van der Waals surface area contributed by atoms with E-state index in [4.69, 9.17) is 10.5 Å².